The molecule has 0 radical (unpaired) electrons. The van der Waals surface area contributed by atoms with Crippen LogP contribution in [0.3, 0.4) is 0 Å². The third-order valence-electron chi connectivity index (χ3n) is 3.62. The lowest BCUT2D eigenvalue weighted by Gasteiger charge is -2.07. The van der Waals surface area contributed by atoms with Crippen LogP contribution in [0.2, 0.25) is 0 Å². The minimum Gasteiger partial charge on any atom is -0.497 e. The van der Waals surface area contributed by atoms with Crippen molar-refractivity contribution >= 4 is 17.8 Å². The summed E-state index contributed by atoms with van der Waals surface area (Å²) in [6.07, 6.45) is 3.19. The second-order valence-corrected chi connectivity index (χ2v) is 5.46. The number of rotatable bonds is 8. The Morgan fingerprint density at radius 1 is 1.04 bits per heavy atom. The zero-order valence-corrected chi connectivity index (χ0v) is 15.9. The quantitative estimate of drug-likeness (QED) is 0.228. The minimum atomic E-state index is -0.138. The van der Waals surface area contributed by atoms with Crippen molar-refractivity contribution in [2.45, 2.75) is 13.8 Å². The average Bonchev–Trinajstić information content (AvgIpc) is 2.70. The molecule has 142 valence electrons. The fraction of sp³-hybridized carbons (Fsp3) is 0.238. The standard InChI is InChI=1S/C21H23NO5/c1-5-26-15(2)22-27-18-9-6-16(7-10-18)20(23)12-8-17-14-19(24-3)11-13-21(17)25-4/h6-14H,5H2,1-4H3/b12-8+,22-15+. The molecule has 2 aromatic rings. The Labute approximate surface area is 159 Å². The van der Waals surface area contributed by atoms with Gasteiger partial charge in [0.25, 0.3) is 0 Å². The molecule has 0 saturated heterocycles. The van der Waals surface area contributed by atoms with Crippen molar-refractivity contribution < 1.29 is 23.8 Å². The number of ether oxygens (including phenoxy) is 3. The highest BCUT2D eigenvalue weighted by molar-refractivity contribution is 6.07. The Balaban J connectivity index is 2.08. The molecule has 0 aliphatic carbocycles. The van der Waals surface area contributed by atoms with Gasteiger partial charge in [-0.05, 0) is 66.7 Å². The molecule has 0 bridgehead atoms. The number of methoxy groups -OCH3 is 2. The van der Waals surface area contributed by atoms with E-state index in [9.17, 15) is 4.79 Å². The first kappa shape index (κ1) is 20.0. The zero-order valence-electron chi connectivity index (χ0n) is 15.9. The first-order chi connectivity index (χ1) is 13.1. The normalized spacial score (nSPS) is 11.3. The van der Waals surface area contributed by atoms with E-state index in [0.717, 1.165) is 5.56 Å². The summed E-state index contributed by atoms with van der Waals surface area (Å²) in [5.74, 6) is 2.16. The molecule has 0 saturated carbocycles. The summed E-state index contributed by atoms with van der Waals surface area (Å²) in [7, 11) is 3.17. The molecule has 6 nitrogen and oxygen atoms in total. The van der Waals surface area contributed by atoms with Gasteiger partial charge < -0.3 is 19.0 Å². The molecule has 0 heterocycles. The van der Waals surface area contributed by atoms with E-state index >= 15 is 0 Å². The van der Waals surface area contributed by atoms with Gasteiger partial charge in [-0.15, -0.1) is 0 Å². The Morgan fingerprint density at radius 3 is 2.37 bits per heavy atom. The lowest BCUT2D eigenvalue weighted by molar-refractivity contribution is 0.104. The summed E-state index contributed by atoms with van der Waals surface area (Å²) in [6.45, 7) is 4.10. The molecule has 2 rings (SSSR count). The second kappa shape index (κ2) is 10.0. The third-order valence-corrected chi connectivity index (χ3v) is 3.62. The highest BCUT2D eigenvalue weighted by Crippen LogP contribution is 2.25. The predicted molar refractivity (Wildman–Crippen MR) is 105 cm³/mol. The van der Waals surface area contributed by atoms with E-state index in [4.69, 9.17) is 19.0 Å². The monoisotopic (exact) mass is 369 g/mol. The number of hydrogen-bond acceptors (Lipinski definition) is 6. The number of oxime groups is 1. The molecule has 0 spiro atoms. The smallest absolute Gasteiger partial charge is 0.223 e. The van der Waals surface area contributed by atoms with Crippen molar-refractivity contribution in [3.8, 4) is 17.2 Å². The highest BCUT2D eigenvalue weighted by Gasteiger charge is 2.05. The molecule has 2 aromatic carbocycles. The number of carbonyl (C=O) groups excluding carboxylic acids is 1. The van der Waals surface area contributed by atoms with Crippen LogP contribution in [0, 0.1) is 0 Å². The fourth-order valence-corrected chi connectivity index (χ4v) is 2.26. The van der Waals surface area contributed by atoms with Crippen molar-refractivity contribution in [2.24, 2.45) is 5.16 Å². The maximum absolute atomic E-state index is 12.4. The van der Waals surface area contributed by atoms with Gasteiger partial charge in [0.15, 0.2) is 11.5 Å². The van der Waals surface area contributed by atoms with Crippen molar-refractivity contribution in [1.82, 2.24) is 0 Å². The Bertz CT molecular complexity index is 825. The molecule has 0 amide bonds. The topological polar surface area (TPSA) is 66.4 Å². The molecular weight excluding hydrogens is 346 g/mol. The van der Waals surface area contributed by atoms with E-state index in [1.807, 2.05) is 6.92 Å². The largest absolute Gasteiger partial charge is 0.497 e. The maximum Gasteiger partial charge on any atom is 0.223 e. The SMILES string of the molecule is CCO/C(C)=N/Oc1ccc(C(=O)/C=C/c2cc(OC)ccc2OC)cc1. The second-order valence-electron chi connectivity index (χ2n) is 5.46. The van der Waals surface area contributed by atoms with Crippen LogP contribution in [0.1, 0.15) is 29.8 Å². The summed E-state index contributed by atoms with van der Waals surface area (Å²) >= 11 is 0. The average molecular weight is 369 g/mol. The first-order valence-corrected chi connectivity index (χ1v) is 8.46. The summed E-state index contributed by atoms with van der Waals surface area (Å²) in [5, 5.41) is 3.84. The molecular formula is C21H23NO5. The van der Waals surface area contributed by atoms with E-state index in [-0.39, 0.29) is 5.78 Å². The van der Waals surface area contributed by atoms with Gasteiger partial charge in [-0.25, -0.2) is 0 Å². The van der Waals surface area contributed by atoms with Gasteiger partial charge in [-0.2, -0.15) is 0 Å². The Kier molecular flexibility index (Phi) is 7.43. The number of ketones is 1. The summed E-state index contributed by atoms with van der Waals surface area (Å²) in [4.78, 5) is 17.6. The van der Waals surface area contributed by atoms with Crippen LogP contribution >= 0.6 is 0 Å². The molecule has 0 aromatic heterocycles. The first-order valence-electron chi connectivity index (χ1n) is 8.46. The predicted octanol–water partition coefficient (Wildman–Crippen LogP) is 4.35. The van der Waals surface area contributed by atoms with Crippen molar-refractivity contribution in [2.75, 3.05) is 20.8 Å². The lowest BCUT2D eigenvalue weighted by atomic mass is 10.1. The minimum absolute atomic E-state index is 0.138. The fourth-order valence-electron chi connectivity index (χ4n) is 2.26. The molecule has 0 N–H and O–H groups in total. The van der Waals surface area contributed by atoms with Gasteiger partial charge in [0, 0.05) is 18.1 Å². The molecule has 0 unspecified atom stereocenters. The Hall–Kier alpha value is -3.28. The van der Waals surface area contributed by atoms with Crippen LogP contribution in [-0.4, -0.2) is 32.5 Å². The molecule has 0 aliphatic rings. The molecule has 27 heavy (non-hydrogen) atoms. The van der Waals surface area contributed by atoms with Gasteiger partial charge in [0.2, 0.25) is 5.90 Å². The van der Waals surface area contributed by atoms with Crippen LogP contribution in [0.4, 0.5) is 0 Å². The molecule has 6 heteroatoms. The summed E-state index contributed by atoms with van der Waals surface area (Å²) < 4.78 is 15.7. The van der Waals surface area contributed by atoms with Crippen LogP contribution in [-0.2, 0) is 4.74 Å². The third kappa shape index (κ3) is 5.88. The van der Waals surface area contributed by atoms with Crippen molar-refractivity contribution in [1.29, 1.82) is 0 Å². The van der Waals surface area contributed by atoms with Gasteiger partial charge in [-0.1, -0.05) is 0 Å². The molecule has 0 fully saturated rings. The van der Waals surface area contributed by atoms with E-state index in [1.54, 1.807) is 69.7 Å². The number of nitrogens with zero attached hydrogens (tertiary/aromatic N) is 1. The number of hydrogen-bond donors (Lipinski definition) is 0. The van der Waals surface area contributed by atoms with Crippen molar-refractivity contribution in [3.05, 3.63) is 59.7 Å². The van der Waals surface area contributed by atoms with Crippen LogP contribution in [0.25, 0.3) is 6.08 Å². The van der Waals surface area contributed by atoms with Gasteiger partial charge in [-0.3, -0.25) is 4.79 Å². The van der Waals surface area contributed by atoms with Crippen molar-refractivity contribution in [3.63, 3.8) is 0 Å². The van der Waals surface area contributed by atoms with Gasteiger partial charge in [0.05, 0.1) is 20.8 Å². The number of carbonyl (C=O) groups is 1. The van der Waals surface area contributed by atoms with Crippen LogP contribution < -0.4 is 14.3 Å². The van der Waals surface area contributed by atoms with E-state index < -0.39 is 0 Å². The number of allylic oxidation sites excluding steroid dienone is 1. The van der Waals surface area contributed by atoms with Crippen LogP contribution in [0.15, 0.2) is 53.7 Å². The number of benzene rings is 2. The molecule has 0 atom stereocenters. The van der Waals surface area contributed by atoms with Crippen LogP contribution in [0.5, 0.6) is 17.2 Å². The maximum atomic E-state index is 12.4. The lowest BCUT2D eigenvalue weighted by Crippen LogP contribution is -2.01. The van der Waals surface area contributed by atoms with E-state index in [1.165, 1.54) is 6.08 Å². The van der Waals surface area contributed by atoms with E-state index in [2.05, 4.69) is 5.16 Å². The Morgan fingerprint density at radius 2 is 1.74 bits per heavy atom. The summed E-state index contributed by atoms with van der Waals surface area (Å²) in [6, 6.07) is 12.1. The van der Waals surface area contributed by atoms with E-state index in [0.29, 0.717) is 35.3 Å². The molecule has 0 aliphatic heterocycles. The zero-order chi connectivity index (χ0) is 19.6. The van der Waals surface area contributed by atoms with Gasteiger partial charge in [0.1, 0.15) is 11.5 Å². The van der Waals surface area contributed by atoms with Gasteiger partial charge >= 0.3 is 0 Å². The summed E-state index contributed by atoms with van der Waals surface area (Å²) in [5.41, 5.74) is 1.29. The highest BCUT2D eigenvalue weighted by atomic mass is 16.6.